The molecule has 1 aliphatic carbocycles. The molecule has 0 heterocycles. The standard InChI is InChI=1S/C33H32P2/c1-26(34(28-16-7-3-8-17-28)29-18-9-4-10-19-29)32-24-15-25-33(32)27(2)35(30-20-11-5-12-21-30)31-22-13-6-14-23-31/h3-24,26-27H,25H2,1-2H3/t26-,27-/m0/s1. The van der Waals surface area contributed by atoms with Crippen LogP contribution in [-0.4, -0.2) is 11.3 Å². The molecule has 4 aromatic rings. The van der Waals surface area contributed by atoms with E-state index in [0.717, 1.165) is 6.42 Å². The molecule has 0 aliphatic heterocycles. The highest BCUT2D eigenvalue weighted by molar-refractivity contribution is 7.74. The minimum atomic E-state index is -0.504. The van der Waals surface area contributed by atoms with E-state index < -0.39 is 15.8 Å². The zero-order valence-electron chi connectivity index (χ0n) is 20.5. The van der Waals surface area contributed by atoms with Gasteiger partial charge in [0.2, 0.25) is 0 Å². The molecule has 0 spiro atoms. The first-order valence-corrected chi connectivity index (χ1v) is 15.2. The van der Waals surface area contributed by atoms with Crippen LogP contribution in [0.3, 0.4) is 0 Å². The lowest BCUT2D eigenvalue weighted by molar-refractivity contribution is 1.01. The van der Waals surface area contributed by atoms with Crippen molar-refractivity contribution >= 4 is 37.1 Å². The smallest absolute Gasteiger partial charge is 0.00934 e. The monoisotopic (exact) mass is 490 g/mol. The Balaban J connectivity index is 1.58. The molecule has 0 N–H and O–H groups in total. The third-order valence-corrected chi connectivity index (χ3v) is 12.4. The van der Waals surface area contributed by atoms with Crippen molar-refractivity contribution in [3.8, 4) is 0 Å². The summed E-state index contributed by atoms with van der Waals surface area (Å²) in [5.41, 5.74) is 4.10. The van der Waals surface area contributed by atoms with Crippen molar-refractivity contribution in [3.05, 3.63) is 145 Å². The van der Waals surface area contributed by atoms with Crippen molar-refractivity contribution in [1.82, 2.24) is 0 Å². The van der Waals surface area contributed by atoms with Gasteiger partial charge in [-0.2, -0.15) is 0 Å². The molecule has 0 nitrogen and oxygen atoms in total. The van der Waals surface area contributed by atoms with Crippen LogP contribution in [0.5, 0.6) is 0 Å². The van der Waals surface area contributed by atoms with E-state index in [1.807, 2.05) is 0 Å². The topological polar surface area (TPSA) is 0 Å². The lowest BCUT2D eigenvalue weighted by Gasteiger charge is -2.31. The van der Waals surface area contributed by atoms with Gasteiger partial charge >= 0.3 is 0 Å². The van der Waals surface area contributed by atoms with Crippen LogP contribution in [0.25, 0.3) is 0 Å². The Labute approximate surface area is 213 Å². The predicted molar refractivity (Wildman–Crippen MR) is 158 cm³/mol. The normalized spacial score (nSPS) is 15.1. The summed E-state index contributed by atoms with van der Waals surface area (Å²) in [5, 5.41) is 5.82. The molecule has 0 aromatic heterocycles. The Bertz CT molecular complexity index is 1200. The molecule has 5 rings (SSSR count). The van der Waals surface area contributed by atoms with Gasteiger partial charge in [0.25, 0.3) is 0 Å². The summed E-state index contributed by atoms with van der Waals surface area (Å²) in [7, 11) is -0.997. The van der Waals surface area contributed by atoms with Gasteiger partial charge in [-0.3, -0.25) is 0 Å². The Kier molecular flexibility index (Phi) is 7.73. The van der Waals surface area contributed by atoms with E-state index in [4.69, 9.17) is 0 Å². The molecule has 0 amide bonds. The fourth-order valence-corrected chi connectivity index (χ4v) is 10.7. The SMILES string of the molecule is C[C@@H](C1=C([C@H](C)P(c2ccccc2)c2ccccc2)CC=C1)P(c1ccccc1)c1ccccc1. The highest BCUT2D eigenvalue weighted by atomic mass is 31.1. The highest BCUT2D eigenvalue weighted by Crippen LogP contribution is 2.50. The maximum Gasteiger partial charge on any atom is 0.00934 e. The first kappa shape index (κ1) is 23.9. The molecule has 0 radical (unpaired) electrons. The van der Waals surface area contributed by atoms with E-state index in [0.29, 0.717) is 11.3 Å². The minimum Gasteiger partial charge on any atom is -0.0801 e. The lowest BCUT2D eigenvalue weighted by Crippen LogP contribution is -2.24. The molecule has 0 saturated heterocycles. The summed E-state index contributed by atoms with van der Waals surface area (Å²) in [6.07, 6.45) is 5.89. The average molecular weight is 491 g/mol. The van der Waals surface area contributed by atoms with E-state index in [1.54, 1.807) is 11.1 Å². The van der Waals surface area contributed by atoms with Crippen molar-refractivity contribution in [2.24, 2.45) is 0 Å². The second-order valence-electron chi connectivity index (χ2n) is 9.02. The maximum atomic E-state index is 2.47. The van der Waals surface area contributed by atoms with Crippen molar-refractivity contribution in [3.63, 3.8) is 0 Å². The van der Waals surface area contributed by atoms with Crippen LogP contribution < -0.4 is 21.2 Å². The molecule has 0 fully saturated rings. The van der Waals surface area contributed by atoms with Gasteiger partial charge in [-0.15, -0.1) is 0 Å². The fraction of sp³-hybridized carbons (Fsp3) is 0.152. The fourth-order valence-electron chi connectivity index (χ4n) is 5.20. The zero-order chi connectivity index (χ0) is 24.0. The van der Waals surface area contributed by atoms with E-state index in [1.165, 1.54) is 21.2 Å². The van der Waals surface area contributed by atoms with Crippen LogP contribution in [0.15, 0.2) is 145 Å². The molecule has 0 saturated carbocycles. The Morgan fingerprint density at radius 1 is 0.486 bits per heavy atom. The first-order chi connectivity index (χ1) is 17.2. The van der Waals surface area contributed by atoms with Crippen molar-refractivity contribution in [2.45, 2.75) is 31.6 Å². The molecule has 0 unspecified atom stereocenters. The minimum absolute atomic E-state index is 0.453. The van der Waals surface area contributed by atoms with E-state index in [9.17, 15) is 0 Å². The number of benzene rings is 4. The molecular weight excluding hydrogens is 458 g/mol. The predicted octanol–water partition coefficient (Wildman–Crippen LogP) is 7.29. The summed E-state index contributed by atoms with van der Waals surface area (Å²) < 4.78 is 0. The number of hydrogen-bond donors (Lipinski definition) is 0. The third kappa shape index (κ3) is 5.26. The highest BCUT2D eigenvalue weighted by Gasteiger charge is 2.31. The number of rotatable bonds is 8. The molecule has 174 valence electrons. The second kappa shape index (κ2) is 11.3. The summed E-state index contributed by atoms with van der Waals surface area (Å²) >= 11 is 0. The van der Waals surface area contributed by atoms with E-state index >= 15 is 0 Å². The van der Waals surface area contributed by atoms with Gasteiger partial charge in [-0.25, -0.2) is 0 Å². The molecule has 0 bridgehead atoms. The molecular formula is C33H32P2. The Hall–Kier alpha value is -2.78. The van der Waals surface area contributed by atoms with Gasteiger partial charge < -0.3 is 0 Å². The molecule has 1 aliphatic rings. The van der Waals surface area contributed by atoms with Crippen LogP contribution in [0.1, 0.15) is 20.3 Å². The first-order valence-electron chi connectivity index (χ1n) is 12.4. The van der Waals surface area contributed by atoms with Crippen LogP contribution in [0.4, 0.5) is 0 Å². The summed E-state index contributed by atoms with van der Waals surface area (Å²) in [6, 6.07) is 44.6. The van der Waals surface area contributed by atoms with Gasteiger partial charge in [0.1, 0.15) is 0 Å². The van der Waals surface area contributed by atoms with Crippen LogP contribution in [0.2, 0.25) is 0 Å². The Morgan fingerprint density at radius 2 is 0.829 bits per heavy atom. The van der Waals surface area contributed by atoms with Crippen LogP contribution in [-0.2, 0) is 0 Å². The largest absolute Gasteiger partial charge is 0.0801 e. The maximum absolute atomic E-state index is 2.47. The van der Waals surface area contributed by atoms with E-state index in [2.05, 4.69) is 147 Å². The third-order valence-electron chi connectivity index (χ3n) is 6.87. The van der Waals surface area contributed by atoms with Gasteiger partial charge in [-0.05, 0) is 49.1 Å². The molecule has 2 atom stereocenters. The molecule has 4 aromatic carbocycles. The number of hydrogen-bond acceptors (Lipinski definition) is 0. The lowest BCUT2D eigenvalue weighted by atomic mass is 10.1. The molecule has 35 heavy (non-hydrogen) atoms. The van der Waals surface area contributed by atoms with Crippen LogP contribution in [0, 0.1) is 0 Å². The number of allylic oxidation sites excluding steroid dienone is 4. The summed E-state index contributed by atoms with van der Waals surface area (Å²) in [6.45, 7) is 4.92. The van der Waals surface area contributed by atoms with Gasteiger partial charge in [0, 0.05) is 11.3 Å². The van der Waals surface area contributed by atoms with Crippen LogP contribution >= 0.6 is 15.8 Å². The summed E-state index contributed by atoms with van der Waals surface area (Å²) in [5.74, 6) is 0. The van der Waals surface area contributed by atoms with Crippen molar-refractivity contribution in [1.29, 1.82) is 0 Å². The van der Waals surface area contributed by atoms with Crippen molar-refractivity contribution in [2.75, 3.05) is 0 Å². The van der Waals surface area contributed by atoms with Crippen molar-refractivity contribution < 1.29 is 0 Å². The quantitative estimate of drug-likeness (QED) is 0.228. The zero-order valence-corrected chi connectivity index (χ0v) is 22.2. The second-order valence-corrected chi connectivity index (χ2v) is 14.1. The Morgan fingerprint density at radius 3 is 1.20 bits per heavy atom. The van der Waals surface area contributed by atoms with Gasteiger partial charge in [0.05, 0.1) is 0 Å². The van der Waals surface area contributed by atoms with Gasteiger partial charge in [-0.1, -0.05) is 153 Å². The average Bonchev–Trinajstić information content (AvgIpc) is 3.42. The molecule has 2 heteroatoms. The summed E-state index contributed by atoms with van der Waals surface area (Å²) in [4.78, 5) is 0. The van der Waals surface area contributed by atoms with E-state index in [-0.39, 0.29) is 0 Å². The van der Waals surface area contributed by atoms with Gasteiger partial charge in [0.15, 0.2) is 0 Å².